The fourth-order valence-corrected chi connectivity index (χ4v) is 2.44. The molecule has 0 aliphatic heterocycles. The number of carbonyl (C=O) groups excluding carboxylic acids is 1. The SMILES string of the molecule is CCCn1c(N)c(C(=O)COc2ccc(F)c(Cl)c2)c(=O)n(C)c1=O. The molecule has 0 radical (unpaired) electrons. The van der Waals surface area contributed by atoms with E-state index in [1.165, 1.54) is 23.7 Å². The number of halogens is 2. The Hall–Kier alpha value is -2.61. The second kappa shape index (κ2) is 7.52. The fraction of sp³-hybridized carbons (Fsp3) is 0.312. The van der Waals surface area contributed by atoms with Crippen molar-refractivity contribution < 1.29 is 13.9 Å². The zero-order valence-electron chi connectivity index (χ0n) is 13.7. The summed E-state index contributed by atoms with van der Waals surface area (Å²) in [5.74, 6) is -1.34. The molecule has 0 saturated heterocycles. The molecule has 9 heteroatoms. The zero-order chi connectivity index (χ0) is 18.7. The number of hydrogen-bond donors (Lipinski definition) is 1. The quantitative estimate of drug-likeness (QED) is 0.780. The Morgan fingerprint density at radius 3 is 2.64 bits per heavy atom. The number of nitrogens with zero attached hydrogens (tertiary/aromatic N) is 2. The molecule has 1 aromatic heterocycles. The first kappa shape index (κ1) is 18.7. The summed E-state index contributed by atoms with van der Waals surface area (Å²) in [6.07, 6.45) is 0.598. The lowest BCUT2D eigenvalue weighted by Gasteiger charge is -2.14. The molecule has 0 aliphatic carbocycles. The highest BCUT2D eigenvalue weighted by Gasteiger charge is 2.21. The highest BCUT2D eigenvalue weighted by Crippen LogP contribution is 2.21. The van der Waals surface area contributed by atoms with E-state index in [1.807, 2.05) is 6.92 Å². The summed E-state index contributed by atoms with van der Waals surface area (Å²) in [5.41, 5.74) is 4.16. The van der Waals surface area contributed by atoms with Crippen LogP contribution in [0.2, 0.25) is 5.02 Å². The number of hydrogen-bond acceptors (Lipinski definition) is 5. The van der Waals surface area contributed by atoms with Crippen LogP contribution in [0.4, 0.5) is 10.2 Å². The molecule has 0 aliphatic rings. The van der Waals surface area contributed by atoms with Gasteiger partial charge >= 0.3 is 5.69 Å². The topological polar surface area (TPSA) is 96.3 Å². The van der Waals surface area contributed by atoms with Crippen molar-refractivity contribution in [2.45, 2.75) is 19.9 Å². The molecule has 0 bridgehead atoms. The number of nitrogen functional groups attached to an aromatic ring is 1. The first-order chi connectivity index (χ1) is 11.8. The Labute approximate surface area is 147 Å². The predicted molar refractivity (Wildman–Crippen MR) is 91.9 cm³/mol. The lowest BCUT2D eigenvalue weighted by atomic mass is 10.2. The minimum atomic E-state index is -0.791. The zero-order valence-corrected chi connectivity index (χ0v) is 14.5. The van der Waals surface area contributed by atoms with E-state index in [-0.39, 0.29) is 28.7 Å². The summed E-state index contributed by atoms with van der Waals surface area (Å²) in [7, 11) is 1.27. The maximum Gasteiger partial charge on any atom is 0.332 e. The highest BCUT2D eigenvalue weighted by molar-refractivity contribution is 6.30. The molecule has 2 N–H and O–H groups in total. The van der Waals surface area contributed by atoms with Crippen molar-refractivity contribution in [3.05, 3.63) is 55.4 Å². The first-order valence-electron chi connectivity index (χ1n) is 7.48. The number of nitrogens with two attached hydrogens (primary N) is 1. The molecular formula is C16H17ClFN3O4. The number of carbonyl (C=O) groups is 1. The van der Waals surface area contributed by atoms with E-state index in [4.69, 9.17) is 22.1 Å². The van der Waals surface area contributed by atoms with Gasteiger partial charge < -0.3 is 10.5 Å². The lowest BCUT2D eigenvalue weighted by molar-refractivity contribution is 0.0919. The minimum absolute atomic E-state index is 0.156. The maximum atomic E-state index is 13.1. The molecule has 134 valence electrons. The van der Waals surface area contributed by atoms with Crippen LogP contribution in [0.3, 0.4) is 0 Å². The number of aromatic nitrogens is 2. The van der Waals surface area contributed by atoms with Gasteiger partial charge in [-0.2, -0.15) is 0 Å². The molecule has 0 atom stereocenters. The van der Waals surface area contributed by atoms with Gasteiger partial charge in [-0.05, 0) is 18.6 Å². The standard InChI is InChI=1S/C16H17ClFN3O4/c1-3-6-21-14(19)13(15(23)20(2)16(21)24)12(22)8-25-9-4-5-11(18)10(17)7-9/h4-5,7H,3,6,8,19H2,1-2H3. The Bertz CT molecular complexity index is 936. The first-order valence-corrected chi connectivity index (χ1v) is 7.86. The molecule has 7 nitrogen and oxygen atoms in total. The molecule has 0 fully saturated rings. The molecule has 1 aromatic carbocycles. The van der Waals surface area contributed by atoms with E-state index in [9.17, 15) is 18.8 Å². The molecule has 25 heavy (non-hydrogen) atoms. The third-order valence-corrected chi connectivity index (χ3v) is 3.86. The van der Waals surface area contributed by atoms with E-state index >= 15 is 0 Å². The number of Topliss-reactive ketones (excluding diaryl/α,β-unsaturated/α-hetero) is 1. The van der Waals surface area contributed by atoms with Gasteiger partial charge in [0.2, 0.25) is 5.78 Å². The highest BCUT2D eigenvalue weighted by atomic mass is 35.5. The Balaban J connectivity index is 2.34. The Kier molecular flexibility index (Phi) is 5.63. The van der Waals surface area contributed by atoms with Gasteiger partial charge in [-0.3, -0.25) is 18.7 Å². The average molecular weight is 370 g/mol. The summed E-state index contributed by atoms with van der Waals surface area (Å²) in [6, 6.07) is 3.61. The van der Waals surface area contributed by atoms with Crippen LogP contribution in [-0.2, 0) is 13.6 Å². The number of rotatable bonds is 6. The van der Waals surface area contributed by atoms with E-state index in [0.29, 0.717) is 6.42 Å². The van der Waals surface area contributed by atoms with Crippen LogP contribution in [0.1, 0.15) is 23.7 Å². The van der Waals surface area contributed by atoms with Crippen LogP contribution < -0.4 is 21.7 Å². The maximum absolute atomic E-state index is 13.1. The van der Waals surface area contributed by atoms with Crippen LogP contribution in [0.5, 0.6) is 5.75 Å². The number of benzene rings is 1. The summed E-state index contributed by atoms with van der Waals surface area (Å²) >= 11 is 5.64. The normalized spacial score (nSPS) is 10.7. The molecule has 2 aromatic rings. The summed E-state index contributed by atoms with van der Waals surface area (Å²) in [4.78, 5) is 36.7. The molecule has 0 amide bonds. The van der Waals surface area contributed by atoms with Crippen LogP contribution in [0.25, 0.3) is 0 Å². The molecule has 0 saturated carbocycles. The molecule has 0 spiro atoms. The van der Waals surface area contributed by atoms with Crippen LogP contribution in [-0.4, -0.2) is 21.5 Å². The van der Waals surface area contributed by atoms with Gasteiger partial charge in [-0.1, -0.05) is 18.5 Å². The van der Waals surface area contributed by atoms with Crippen LogP contribution in [0, 0.1) is 5.82 Å². The van der Waals surface area contributed by atoms with Gasteiger partial charge in [-0.25, -0.2) is 9.18 Å². The van der Waals surface area contributed by atoms with E-state index in [0.717, 1.165) is 10.6 Å². The number of ketones is 1. The van der Waals surface area contributed by atoms with Crippen molar-refractivity contribution in [1.29, 1.82) is 0 Å². The van der Waals surface area contributed by atoms with Gasteiger partial charge in [0.15, 0.2) is 6.61 Å². The third-order valence-electron chi connectivity index (χ3n) is 3.57. The van der Waals surface area contributed by atoms with Crippen molar-refractivity contribution in [3.63, 3.8) is 0 Å². The van der Waals surface area contributed by atoms with Crippen molar-refractivity contribution in [3.8, 4) is 5.75 Å². The minimum Gasteiger partial charge on any atom is -0.485 e. The number of anilines is 1. The third kappa shape index (κ3) is 3.74. The van der Waals surface area contributed by atoms with E-state index < -0.39 is 29.5 Å². The second-order valence-electron chi connectivity index (χ2n) is 5.35. The van der Waals surface area contributed by atoms with Gasteiger partial charge in [0.25, 0.3) is 5.56 Å². The van der Waals surface area contributed by atoms with Crippen molar-refractivity contribution in [2.24, 2.45) is 7.05 Å². The van der Waals surface area contributed by atoms with Crippen LogP contribution >= 0.6 is 11.6 Å². The smallest absolute Gasteiger partial charge is 0.332 e. The monoisotopic (exact) mass is 369 g/mol. The Morgan fingerprint density at radius 2 is 2.04 bits per heavy atom. The molecule has 1 heterocycles. The summed E-state index contributed by atoms with van der Waals surface area (Å²) < 4.78 is 20.4. The van der Waals surface area contributed by atoms with Crippen molar-refractivity contribution in [2.75, 3.05) is 12.3 Å². The average Bonchev–Trinajstić information content (AvgIpc) is 2.58. The summed E-state index contributed by atoms with van der Waals surface area (Å²) in [6.45, 7) is 1.60. The predicted octanol–water partition coefficient (Wildman–Crippen LogP) is 1.59. The Morgan fingerprint density at radius 1 is 1.36 bits per heavy atom. The van der Waals surface area contributed by atoms with E-state index in [2.05, 4.69) is 0 Å². The lowest BCUT2D eigenvalue weighted by Crippen LogP contribution is -2.43. The van der Waals surface area contributed by atoms with Crippen molar-refractivity contribution in [1.82, 2.24) is 9.13 Å². The van der Waals surface area contributed by atoms with Gasteiger partial charge in [-0.15, -0.1) is 0 Å². The van der Waals surface area contributed by atoms with Gasteiger partial charge in [0.1, 0.15) is 22.9 Å². The number of ether oxygens (including phenoxy) is 1. The second-order valence-corrected chi connectivity index (χ2v) is 5.75. The van der Waals surface area contributed by atoms with E-state index in [1.54, 1.807) is 0 Å². The van der Waals surface area contributed by atoms with Gasteiger partial charge in [0.05, 0.1) is 5.02 Å². The van der Waals surface area contributed by atoms with Crippen LogP contribution in [0.15, 0.2) is 27.8 Å². The molecule has 2 rings (SSSR count). The molecule has 0 unspecified atom stereocenters. The largest absolute Gasteiger partial charge is 0.485 e. The van der Waals surface area contributed by atoms with Crippen molar-refractivity contribution >= 4 is 23.2 Å². The van der Waals surface area contributed by atoms with Gasteiger partial charge in [0, 0.05) is 19.7 Å². The fourth-order valence-electron chi connectivity index (χ4n) is 2.27. The summed E-state index contributed by atoms with van der Waals surface area (Å²) in [5, 5.41) is -0.156. The molecular weight excluding hydrogens is 353 g/mol.